The van der Waals surface area contributed by atoms with E-state index in [0.717, 1.165) is 0 Å². The first-order valence-corrected chi connectivity index (χ1v) is 6.89. The summed E-state index contributed by atoms with van der Waals surface area (Å²) < 4.78 is 18.4. The summed E-state index contributed by atoms with van der Waals surface area (Å²) in [6.45, 7) is 4.11. The molecule has 0 saturated heterocycles. The van der Waals surface area contributed by atoms with E-state index >= 15 is 0 Å². The van der Waals surface area contributed by atoms with Crippen molar-refractivity contribution in [3.63, 3.8) is 0 Å². The smallest absolute Gasteiger partial charge is 0.227 e. The Balaban J connectivity index is 1.78. The van der Waals surface area contributed by atoms with Crippen molar-refractivity contribution in [1.82, 2.24) is 15.5 Å². The van der Waals surface area contributed by atoms with Crippen LogP contribution in [0, 0.1) is 5.82 Å². The molecule has 0 fully saturated rings. The van der Waals surface area contributed by atoms with Gasteiger partial charge in [-0.3, -0.25) is 4.79 Å². The van der Waals surface area contributed by atoms with Gasteiger partial charge in [-0.15, -0.1) is 0 Å². The van der Waals surface area contributed by atoms with Gasteiger partial charge in [-0.05, 0) is 6.07 Å². The third-order valence-electron chi connectivity index (χ3n) is 3.00. The third-order valence-corrected chi connectivity index (χ3v) is 3.00. The van der Waals surface area contributed by atoms with E-state index in [1.54, 1.807) is 18.2 Å². The van der Waals surface area contributed by atoms with E-state index in [0.29, 0.717) is 23.7 Å². The lowest BCUT2D eigenvalue weighted by Gasteiger charge is -2.05. The number of carbonyl (C=O) groups is 1. The number of hydrogen-bond acceptors (Lipinski definition) is 4. The van der Waals surface area contributed by atoms with Crippen molar-refractivity contribution in [3.8, 4) is 0 Å². The zero-order chi connectivity index (χ0) is 15.2. The summed E-state index contributed by atoms with van der Waals surface area (Å²) in [6.07, 6.45) is 0.608. The van der Waals surface area contributed by atoms with Crippen LogP contribution in [-0.2, 0) is 17.8 Å². The Labute approximate surface area is 122 Å². The molecule has 0 radical (unpaired) electrons. The Morgan fingerprint density at radius 2 is 2.14 bits per heavy atom. The summed E-state index contributed by atoms with van der Waals surface area (Å²) in [6, 6.07) is 6.36. The first-order chi connectivity index (χ1) is 10.1. The van der Waals surface area contributed by atoms with E-state index in [9.17, 15) is 9.18 Å². The monoisotopic (exact) mass is 291 g/mol. The SMILES string of the molecule is CC(C)c1noc(CCC(=O)NCc2ccccc2F)n1. The van der Waals surface area contributed by atoms with Crippen molar-refractivity contribution >= 4 is 5.91 Å². The molecule has 0 spiro atoms. The van der Waals surface area contributed by atoms with Gasteiger partial charge in [0.25, 0.3) is 0 Å². The van der Waals surface area contributed by atoms with E-state index in [1.807, 2.05) is 13.8 Å². The number of carbonyl (C=O) groups excluding carboxylic acids is 1. The minimum absolute atomic E-state index is 0.173. The zero-order valence-electron chi connectivity index (χ0n) is 12.1. The van der Waals surface area contributed by atoms with Crippen LogP contribution >= 0.6 is 0 Å². The standard InChI is InChI=1S/C15H18FN3O2/c1-10(2)15-18-14(21-19-15)8-7-13(20)17-9-11-5-3-4-6-12(11)16/h3-6,10H,7-9H2,1-2H3,(H,17,20). The molecule has 112 valence electrons. The van der Waals surface area contributed by atoms with Gasteiger partial charge in [-0.2, -0.15) is 4.98 Å². The molecule has 1 aromatic carbocycles. The molecule has 2 rings (SSSR count). The second-order valence-corrected chi connectivity index (χ2v) is 5.07. The molecule has 6 heteroatoms. The van der Waals surface area contributed by atoms with Crippen LogP contribution in [0.5, 0.6) is 0 Å². The number of hydrogen-bond donors (Lipinski definition) is 1. The zero-order valence-corrected chi connectivity index (χ0v) is 12.1. The Bertz CT molecular complexity index is 610. The second-order valence-electron chi connectivity index (χ2n) is 5.07. The molecule has 21 heavy (non-hydrogen) atoms. The van der Waals surface area contributed by atoms with E-state index in [1.165, 1.54) is 6.07 Å². The maximum absolute atomic E-state index is 13.4. The molecule has 0 aliphatic rings. The molecule has 0 saturated carbocycles. The highest BCUT2D eigenvalue weighted by Crippen LogP contribution is 2.10. The van der Waals surface area contributed by atoms with Crippen LogP contribution in [0.4, 0.5) is 4.39 Å². The van der Waals surface area contributed by atoms with Crippen LogP contribution < -0.4 is 5.32 Å². The molecule has 0 unspecified atom stereocenters. The first-order valence-electron chi connectivity index (χ1n) is 6.89. The van der Waals surface area contributed by atoms with E-state index in [2.05, 4.69) is 15.5 Å². The normalized spacial score (nSPS) is 10.9. The summed E-state index contributed by atoms with van der Waals surface area (Å²) in [5.41, 5.74) is 0.464. The van der Waals surface area contributed by atoms with Gasteiger partial charge in [-0.25, -0.2) is 4.39 Å². The van der Waals surface area contributed by atoms with Gasteiger partial charge in [0.15, 0.2) is 5.82 Å². The highest BCUT2D eigenvalue weighted by atomic mass is 19.1. The average Bonchev–Trinajstić information content (AvgIpc) is 2.93. The summed E-state index contributed by atoms with van der Waals surface area (Å²) >= 11 is 0. The minimum Gasteiger partial charge on any atom is -0.352 e. The van der Waals surface area contributed by atoms with Crippen LogP contribution in [0.3, 0.4) is 0 Å². The van der Waals surface area contributed by atoms with Crippen LogP contribution in [0.15, 0.2) is 28.8 Å². The van der Waals surface area contributed by atoms with Gasteiger partial charge in [0.2, 0.25) is 11.8 Å². The van der Waals surface area contributed by atoms with Crippen LogP contribution in [0.25, 0.3) is 0 Å². The molecule has 0 aliphatic carbocycles. The molecule has 1 heterocycles. The number of amides is 1. The van der Waals surface area contributed by atoms with Gasteiger partial charge in [0.1, 0.15) is 5.82 Å². The van der Waals surface area contributed by atoms with Gasteiger partial charge >= 0.3 is 0 Å². The lowest BCUT2D eigenvalue weighted by atomic mass is 10.2. The lowest BCUT2D eigenvalue weighted by molar-refractivity contribution is -0.121. The van der Waals surface area contributed by atoms with E-state index in [-0.39, 0.29) is 30.6 Å². The lowest BCUT2D eigenvalue weighted by Crippen LogP contribution is -2.23. The largest absolute Gasteiger partial charge is 0.352 e. The minimum atomic E-state index is -0.323. The van der Waals surface area contributed by atoms with Gasteiger partial charge in [0, 0.05) is 30.9 Å². The predicted molar refractivity (Wildman–Crippen MR) is 75.0 cm³/mol. The Morgan fingerprint density at radius 1 is 1.38 bits per heavy atom. The average molecular weight is 291 g/mol. The molecular weight excluding hydrogens is 273 g/mol. The fourth-order valence-electron chi connectivity index (χ4n) is 1.75. The molecule has 1 amide bonds. The molecule has 0 bridgehead atoms. The number of aromatic nitrogens is 2. The van der Waals surface area contributed by atoms with E-state index < -0.39 is 0 Å². The highest BCUT2D eigenvalue weighted by Gasteiger charge is 2.11. The van der Waals surface area contributed by atoms with Gasteiger partial charge in [-0.1, -0.05) is 37.2 Å². The van der Waals surface area contributed by atoms with Crippen molar-refractivity contribution in [2.45, 2.75) is 39.2 Å². The maximum atomic E-state index is 13.4. The summed E-state index contributed by atoms with van der Waals surface area (Å²) in [4.78, 5) is 15.9. The summed E-state index contributed by atoms with van der Waals surface area (Å²) in [5, 5.41) is 6.50. The van der Waals surface area contributed by atoms with Crippen molar-refractivity contribution in [2.75, 3.05) is 0 Å². The Hall–Kier alpha value is -2.24. The van der Waals surface area contributed by atoms with Crippen LogP contribution in [-0.4, -0.2) is 16.0 Å². The number of nitrogens with one attached hydrogen (secondary N) is 1. The Morgan fingerprint density at radius 3 is 2.81 bits per heavy atom. The number of halogens is 1. The molecule has 5 nitrogen and oxygen atoms in total. The van der Waals surface area contributed by atoms with Crippen molar-refractivity contribution < 1.29 is 13.7 Å². The quantitative estimate of drug-likeness (QED) is 0.888. The summed E-state index contributed by atoms with van der Waals surface area (Å²) in [5.74, 6) is 0.771. The van der Waals surface area contributed by atoms with Crippen molar-refractivity contribution in [2.24, 2.45) is 0 Å². The van der Waals surface area contributed by atoms with Gasteiger partial charge < -0.3 is 9.84 Å². The number of rotatable bonds is 6. The van der Waals surface area contributed by atoms with Crippen molar-refractivity contribution in [3.05, 3.63) is 47.4 Å². The van der Waals surface area contributed by atoms with Gasteiger partial charge in [0.05, 0.1) is 0 Å². The molecule has 0 atom stereocenters. The number of benzene rings is 1. The molecule has 1 aromatic heterocycles. The molecular formula is C15H18FN3O2. The number of nitrogens with zero attached hydrogens (tertiary/aromatic N) is 2. The fraction of sp³-hybridized carbons (Fsp3) is 0.400. The summed E-state index contributed by atoms with van der Waals surface area (Å²) in [7, 11) is 0. The molecule has 0 aliphatic heterocycles. The maximum Gasteiger partial charge on any atom is 0.227 e. The van der Waals surface area contributed by atoms with E-state index in [4.69, 9.17) is 4.52 Å². The first kappa shape index (κ1) is 15.2. The van der Waals surface area contributed by atoms with Crippen LogP contribution in [0.1, 0.15) is 43.5 Å². The predicted octanol–water partition coefficient (Wildman–Crippen LogP) is 2.58. The van der Waals surface area contributed by atoms with Crippen molar-refractivity contribution in [1.29, 1.82) is 0 Å². The second kappa shape index (κ2) is 6.97. The molecule has 2 aromatic rings. The molecule has 1 N–H and O–H groups in total. The Kier molecular flexibility index (Phi) is 5.03. The third kappa shape index (κ3) is 4.37. The topological polar surface area (TPSA) is 68.0 Å². The fourth-order valence-corrected chi connectivity index (χ4v) is 1.75. The number of aryl methyl sites for hydroxylation is 1. The highest BCUT2D eigenvalue weighted by molar-refractivity contribution is 5.76. The van der Waals surface area contributed by atoms with Crippen LogP contribution in [0.2, 0.25) is 0 Å².